The van der Waals surface area contributed by atoms with E-state index in [1.54, 1.807) is 0 Å². The molecule has 0 aromatic rings. The SMILES string of the molecule is CC(=O)C(=O)OC(=O)C(C)(C)O. The Bertz CT molecular complexity index is 222. The number of ether oxygens (including phenoxy) is 1. The zero-order valence-electron chi connectivity index (χ0n) is 7.08. The van der Waals surface area contributed by atoms with Gasteiger partial charge in [-0.3, -0.25) is 4.79 Å². The van der Waals surface area contributed by atoms with Crippen molar-refractivity contribution in [3.8, 4) is 0 Å². The van der Waals surface area contributed by atoms with E-state index in [0.717, 1.165) is 20.8 Å². The van der Waals surface area contributed by atoms with Gasteiger partial charge in [0.05, 0.1) is 0 Å². The fraction of sp³-hybridized carbons (Fsp3) is 0.571. The molecular formula is C7H10O5. The first-order valence-corrected chi connectivity index (χ1v) is 3.24. The van der Waals surface area contributed by atoms with Gasteiger partial charge in [-0.25, -0.2) is 9.59 Å². The van der Waals surface area contributed by atoms with Crippen molar-refractivity contribution in [1.29, 1.82) is 0 Å². The zero-order chi connectivity index (χ0) is 9.94. The maximum Gasteiger partial charge on any atom is 0.382 e. The van der Waals surface area contributed by atoms with Gasteiger partial charge in [-0.15, -0.1) is 0 Å². The lowest BCUT2D eigenvalue weighted by molar-refractivity contribution is -0.173. The summed E-state index contributed by atoms with van der Waals surface area (Å²) in [6.45, 7) is 3.28. The second-order valence-electron chi connectivity index (χ2n) is 2.79. The number of hydrogen-bond donors (Lipinski definition) is 1. The summed E-state index contributed by atoms with van der Waals surface area (Å²) < 4.78 is 4.00. The quantitative estimate of drug-likeness (QED) is 0.344. The molecule has 0 heterocycles. The van der Waals surface area contributed by atoms with Gasteiger partial charge in [-0.1, -0.05) is 0 Å². The Kier molecular flexibility index (Phi) is 3.09. The maximum absolute atomic E-state index is 10.7. The van der Waals surface area contributed by atoms with Gasteiger partial charge in [0.2, 0.25) is 5.78 Å². The fourth-order valence-corrected chi connectivity index (χ4v) is 0.281. The topological polar surface area (TPSA) is 80.7 Å². The van der Waals surface area contributed by atoms with Gasteiger partial charge >= 0.3 is 11.9 Å². The summed E-state index contributed by atoms with van der Waals surface area (Å²) in [6.07, 6.45) is 0. The van der Waals surface area contributed by atoms with Crippen molar-refractivity contribution in [2.75, 3.05) is 0 Å². The minimum atomic E-state index is -1.76. The first kappa shape index (κ1) is 10.8. The van der Waals surface area contributed by atoms with E-state index in [1.165, 1.54) is 0 Å². The lowest BCUT2D eigenvalue weighted by Crippen LogP contribution is -2.36. The molecule has 0 spiro atoms. The number of aliphatic hydroxyl groups is 1. The molecule has 5 nitrogen and oxygen atoms in total. The molecular weight excluding hydrogens is 164 g/mol. The zero-order valence-corrected chi connectivity index (χ0v) is 7.08. The van der Waals surface area contributed by atoms with E-state index >= 15 is 0 Å². The molecule has 68 valence electrons. The van der Waals surface area contributed by atoms with Crippen molar-refractivity contribution >= 4 is 17.7 Å². The maximum atomic E-state index is 10.7. The molecule has 0 aliphatic heterocycles. The number of rotatable bonds is 2. The average Bonchev–Trinajstić information content (AvgIpc) is 1.85. The highest BCUT2D eigenvalue weighted by molar-refractivity contribution is 6.34. The van der Waals surface area contributed by atoms with E-state index in [2.05, 4.69) is 4.74 Å². The Balaban J connectivity index is 4.21. The van der Waals surface area contributed by atoms with Crippen LogP contribution in [-0.2, 0) is 19.1 Å². The summed E-state index contributed by atoms with van der Waals surface area (Å²) in [5, 5.41) is 8.98. The normalized spacial score (nSPS) is 10.7. The van der Waals surface area contributed by atoms with Crippen LogP contribution in [0.15, 0.2) is 0 Å². The van der Waals surface area contributed by atoms with Gasteiger partial charge in [0.1, 0.15) is 0 Å². The minimum Gasteiger partial charge on any atom is -0.385 e. The van der Waals surface area contributed by atoms with E-state index in [-0.39, 0.29) is 0 Å². The molecule has 0 aliphatic rings. The predicted molar refractivity (Wildman–Crippen MR) is 38.1 cm³/mol. The van der Waals surface area contributed by atoms with Crippen LogP contribution in [0.4, 0.5) is 0 Å². The van der Waals surface area contributed by atoms with E-state index in [4.69, 9.17) is 5.11 Å². The molecule has 12 heavy (non-hydrogen) atoms. The second kappa shape index (κ2) is 3.44. The van der Waals surface area contributed by atoms with Crippen molar-refractivity contribution < 1.29 is 24.2 Å². The molecule has 0 unspecified atom stereocenters. The fourth-order valence-electron chi connectivity index (χ4n) is 0.281. The molecule has 0 bridgehead atoms. The third kappa shape index (κ3) is 3.25. The smallest absolute Gasteiger partial charge is 0.382 e. The molecule has 0 fully saturated rings. The molecule has 0 rings (SSSR count). The Morgan fingerprint density at radius 3 is 1.92 bits per heavy atom. The minimum absolute atomic E-state index is 0.882. The van der Waals surface area contributed by atoms with Gasteiger partial charge in [-0.05, 0) is 13.8 Å². The van der Waals surface area contributed by atoms with Crippen LogP contribution in [0.2, 0.25) is 0 Å². The number of carbonyl (C=O) groups is 3. The van der Waals surface area contributed by atoms with Gasteiger partial charge < -0.3 is 9.84 Å². The van der Waals surface area contributed by atoms with E-state index in [1.807, 2.05) is 0 Å². The summed E-state index contributed by atoms with van der Waals surface area (Å²) in [7, 11) is 0. The Labute approximate surface area is 69.3 Å². The molecule has 0 atom stereocenters. The first-order valence-electron chi connectivity index (χ1n) is 3.24. The van der Waals surface area contributed by atoms with Crippen LogP contribution in [0.5, 0.6) is 0 Å². The van der Waals surface area contributed by atoms with E-state index < -0.39 is 23.3 Å². The van der Waals surface area contributed by atoms with E-state index in [9.17, 15) is 14.4 Å². The van der Waals surface area contributed by atoms with Crippen molar-refractivity contribution in [3.63, 3.8) is 0 Å². The van der Waals surface area contributed by atoms with Crippen molar-refractivity contribution in [2.45, 2.75) is 26.4 Å². The number of ketones is 1. The van der Waals surface area contributed by atoms with Crippen molar-refractivity contribution in [3.05, 3.63) is 0 Å². The number of carbonyl (C=O) groups excluding carboxylic acids is 3. The average molecular weight is 174 g/mol. The standard InChI is InChI=1S/C7H10O5/c1-4(8)5(9)12-6(10)7(2,3)11/h11H,1-3H3. The molecule has 5 heteroatoms. The summed E-state index contributed by atoms with van der Waals surface area (Å²) >= 11 is 0. The van der Waals surface area contributed by atoms with Crippen molar-refractivity contribution in [1.82, 2.24) is 0 Å². The molecule has 1 N–H and O–H groups in total. The Morgan fingerprint density at radius 1 is 1.25 bits per heavy atom. The summed E-state index contributed by atoms with van der Waals surface area (Å²) in [5.74, 6) is -3.28. The first-order chi connectivity index (χ1) is 5.25. The lowest BCUT2D eigenvalue weighted by Gasteiger charge is -2.13. The van der Waals surface area contributed by atoms with Crippen LogP contribution in [0.25, 0.3) is 0 Å². The number of Topliss-reactive ketones (excluding diaryl/α,β-unsaturated/α-hetero) is 1. The highest BCUT2D eigenvalue weighted by atomic mass is 16.6. The highest BCUT2D eigenvalue weighted by Crippen LogP contribution is 2.03. The van der Waals surface area contributed by atoms with Gasteiger partial charge in [0, 0.05) is 6.92 Å². The van der Waals surface area contributed by atoms with E-state index in [0.29, 0.717) is 0 Å². The molecule has 0 saturated heterocycles. The van der Waals surface area contributed by atoms with Crippen LogP contribution in [0, 0.1) is 0 Å². The third-order valence-corrected chi connectivity index (χ3v) is 0.972. The Hall–Kier alpha value is -1.23. The third-order valence-electron chi connectivity index (χ3n) is 0.972. The molecule has 0 saturated carbocycles. The number of hydrogen-bond acceptors (Lipinski definition) is 5. The monoisotopic (exact) mass is 174 g/mol. The molecule has 0 amide bonds. The van der Waals surface area contributed by atoms with Crippen molar-refractivity contribution in [2.24, 2.45) is 0 Å². The highest BCUT2D eigenvalue weighted by Gasteiger charge is 2.29. The van der Waals surface area contributed by atoms with Gasteiger partial charge in [0.25, 0.3) is 0 Å². The van der Waals surface area contributed by atoms with Gasteiger partial charge in [-0.2, -0.15) is 0 Å². The van der Waals surface area contributed by atoms with Crippen LogP contribution >= 0.6 is 0 Å². The lowest BCUT2D eigenvalue weighted by atomic mass is 10.1. The van der Waals surface area contributed by atoms with Crippen LogP contribution in [0.1, 0.15) is 20.8 Å². The summed E-state index contributed by atoms with van der Waals surface area (Å²) in [6, 6.07) is 0. The summed E-state index contributed by atoms with van der Waals surface area (Å²) in [5.41, 5.74) is -1.76. The molecule has 0 radical (unpaired) electrons. The number of esters is 2. The summed E-state index contributed by atoms with van der Waals surface area (Å²) in [4.78, 5) is 31.5. The van der Waals surface area contributed by atoms with Crippen LogP contribution < -0.4 is 0 Å². The predicted octanol–water partition coefficient (Wildman–Crippen LogP) is -0.584. The Morgan fingerprint density at radius 2 is 1.67 bits per heavy atom. The molecule has 0 aliphatic carbocycles. The molecule has 0 aromatic carbocycles. The van der Waals surface area contributed by atoms with Crippen LogP contribution in [0.3, 0.4) is 0 Å². The largest absolute Gasteiger partial charge is 0.385 e. The van der Waals surface area contributed by atoms with Crippen LogP contribution in [-0.4, -0.2) is 28.4 Å². The molecule has 0 aromatic heterocycles. The second-order valence-corrected chi connectivity index (χ2v) is 2.79. The van der Waals surface area contributed by atoms with Gasteiger partial charge in [0.15, 0.2) is 5.60 Å².